The summed E-state index contributed by atoms with van der Waals surface area (Å²) >= 11 is 0. The maximum absolute atomic E-state index is 12.8. The van der Waals surface area contributed by atoms with Gasteiger partial charge in [0.15, 0.2) is 0 Å². The normalized spacial score (nSPS) is 17.1. The van der Waals surface area contributed by atoms with Crippen LogP contribution < -0.4 is 5.32 Å². The largest absolute Gasteiger partial charge is 0.310 e. The van der Waals surface area contributed by atoms with E-state index in [0.29, 0.717) is 17.5 Å². The highest BCUT2D eigenvalue weighted by atomic mass is 32.2. The smallest absolute Gasteiger partial charge is 0.243 e. The van der Waals surface area contributed by atoms with Crippen molar-refractivity contribution in [3.8, 4) is 0 Å². The van der Waals surface area contributed by atoms with Crippen LogP contribution in [0.1, 0.15) is 45.6 Å². The molecule has 1 N–H and O–H groups in total. The highest BCUT2D eigenvalue weighted by Gasteiger charge is 2.27. The SMILES string of the molecule is CCC(C)N(CC)S(=O)(=O)c1cccc(CNC2CC2)c1. The molecule has 21 heavy (non-hydrogen) atoms. The highest BCUT2D eigenvalue weighted by Crippen LogP contribution is 2.22. The maximum atomic E-state index is 12.8. The minimum atomic E-state index is -3.40. The Balaban J connectivity index is 2.19. The molecule has 0 aromatic heterocycles. The van der Waals surface area contributed by atoms with Crippen molar-refractivity contribution in [2.75, 3.05) is 6.54 Å². The summed E-state index contributed by atoms with van der Waals surface area (Å²) in [5, 5.41) is 3.42. The Labute approximate surface area is 128 Å². The Kier molecular flexibility index (Phi) is 5.41. The van der Waals surface area contributed by atoms with Gasteiger partial charge in [-0.25, -0.2) is 8.42 Å². The van der Waals surface area contributed by atoms with Gasteiger partial charge in [0.05, 0.1) is 4.90 Å². The lowest BCUT2D eigenvalue weighted by Crippen LogP contribution is -2.38. The van der Waals surface area contributed by atoms with Crippen molar-refractivity contribution in [2.45, 2.75) is 63.6 Å². The van der Waals surface area contributed by atoms with Gasteiger partial charge in [-0.05, 0) is 43.9 Å². The van der Waals surface area contributed by atoms with Crippen LogP contribution in [-0.4, -0.2) is 31.4 Å². The molecule has 0 bridgehead atoms. The Morgan fingerprint density at radius 3 is 2.62 bits per heavy atom. The summed E-state index contributed by atoms with van der Waals surface area (Å²) in [5.74, 6) is 0. The summed E-state index contributed by atoms with van der Waals surface area (Å²) in [5.41, 5.74) is 1.03. The van der Waals surface area contributed by atoms with Gasteiger partial charge in [0.25, 0.3) is 0 Å². The van der Waals surface area contributed by atoms with Gasteiger partial charge in [0.1, 0.15) is 0 Å². The topological polar surface area (TPSA) is 49.4 Å². The van der Waals surface area contributed by atoms with E-state index in [4.69, 9.17) is 0 Å². The molecule has 0 saturated heterocycles. The monoisotopic (exact) mass is 310 g/mol. The second-order valence-corrected chi connectivity index (χ2v) is 7.66. The standard InChI is InChI=1S/C16H26N2O2S/c1-4-13(3)18(5-2)21(19,20)16-8-6-7-14(11-16)12-17-15-9-10-15/h6-8,11,13,15,17H,4-5,9-10,12H2,1-3H3. The lowest BCUT2D eigenvalue weighted by molar-refractivity contribution is 0.342. The Morgan fingerprint density at radius 2 is 2.05 bits per heavy atom. The predicted molar refractivity (Wildman–Crippen MR) is 85.6 cm³/mol. The van der Waals surface area contributed by atoms with Gasteiger partial charge in [-0.2, -0.15) is 4.31 Å². The molecular weight excluding hydrogens is 284 g/mol. The molecule has 0 heterocycles. The van der Waals surface area contributed by atoms with Gasteiger partial charge in [0, 0.05) is 25.2 Å². The number of hydrogen-bond donors (Lipinski definition) is 1. The second kappa shape index (κ2) is 6.90. The van der Waals surface area contributed by atoms with E-state index in [1.807, 2.05) is 32.9 Å². The van der Waals surface area contributed by atoms with Crippen LogP contribution in [0.3, 0.4) is 0 Å². The first-order valence-corrected chi connectivity index (χ1v) is 9.27. The molecule has 1 aromatic rings. The first-order chi connectivity index (χ1) is 9.98. The van der Waals surface area contributed by atoms with Gasteiger partial charge in [-0.15, -0.1) is 0 Å². The highest BCUT2D eigenvalue weighted by molar-refractivity contribution is 7.89. The lowest BCUT2D eigenvalue weighted by atomic mass is 10.2. The van der Waals surface area contributed by atoms with Crippen LogP contribution in [0, 0.1) is 0 Å². The van der Waals surface area contributed by atoms with Crippen LogP contribution in [0.2, 0.25) is 0 Å². The average molecular weight is 310 g/mol. The molecule has 1 unspecified atom stereocenters. The van der Waals surface area contributed by atoms with E-state index in [1.165, 1.54) is 12.8 Å². The number of nitrogens with one attached hydrogen (secondary N) is 1. The van der Waals surface area contributed by atoms with Crippen LogP contribution >= 0.6 is 0 Å². The molecule has 1 aliphatic carbocycles. The minimum absolute atomic E-state index is 0.0215. The van der Waals surface area contributed by atoms with Crippen LogP contribution in [0.4, 0.5) is 0 Å². The quantitative estimate of drug-likeness (QED) is 0.803. The number of rotatable bonds is 8. The van der Waals surface area contributed by atoms with E-state index < -0.39 is 10.0 Å². The molecule has 0 radical (unpaired) electrons. The molecule has 2 rings (SSSR count). The molecule has 1 saturated carbocycles. The summed E-state index contributed by atoms with van der Waals surface area (Å²) in [4.78, 5) is 0.403. The fraction of sp³-hybridized carbons (Fsp3) is 0.625. The maximum Gasteiger partial charge on any atom is 0.243 e. The van der Waals surface area contributed by atoms with Crippen molar-refractivity contribution in [3.63, 3.8) is 0 Å². The number of nitrogens with zero attached hydrogens (tertiary/aromatic N) is 1. The molecule has 1 fully saturated rings. The van der Waals surface area contributed by atoms with Crippen LogP contribution in [0.15, 0.2) is 29.2 Å². The van der Waals surface area contributed by atoms with Gasteiger partial charge in [-0.1, -0.05) is 26.0 Å². The van der Waals surface area contributed by atoms with Crippen LogP contribution in [0.5, 0.6) is 0 Å². The number of benzene rings is 1. The molecule has 0 spiro atoms. The summed E-state index contributed by atoms with van der Waals surface area (Å²) < 4.78 is 27.1. The zero-order chi connectivity index (χ0) is 15.5. The van der Waals surface area contributed by atoms with Gasteiger partial charge in [-0.3, -0.25) is 0 Å². The first-order valence-electron chi connectivity index (χ1n) is 7.83. The third-order valence-corrected chi connectivity index (χ3v) is 6.16. The third kappa shape index (κ3) is 4.05. The fourth-order valence-corrected chi connectivity index (χ4v) is 4.21. The van der Waals surface area contributed by atoms with Crippen molar-refractivity contribution in [2.24, 2.45) is 0 Å². The molecule has 118 valence electrons. The Bertz CT molecular complexity index is 567. The van der Waals surface area contributed by atoms with Gasteiger partial charge in [0.2, 0.25) is 10.0 Å². The molecule has 1 aromatic carbocycles. The van der Waals surface area contributed by atoms with Crippen molar-refractivity contribution >= 4 is 10.0 Å². The van der Waals surface area contributed by atoms with E-state index in [-0.39, 0.29) is 6.04 Å². The molecular formula is C16H26N2O2S. The molecule has 4 nitrogen and oxygen atoms in total. The summed E-state index contributed by atoms with van der Waals surface area (Å²) in [6.45, 7) is 7.10. The molecule has 1 atom stereocenters. The average Bonchev–Trinajstić information content (AvgIpc) is 3.30. The van der Waals surface area contributed by atoms with E-state index in [2.05, 4.69) is 5.32 Å². The number of hydrogen-bond acceptors (Lipinski definition) is 3. The molecule has 1 aliphatic rings. The summed E-state index contributed by atoms with van der Waals surface area (Å²) in [7, 11) is -3.40. The lowest BCUT2D eigenvalue weighted by Gasteiger charge is -2.26. The van der Waals surface area contributed by atoms with Gasteiger partial charge >= 0.3 is 0 Å². The van der Waals surface area contributed by atoms with Crippen molar-refractivity contribution in [1.29, 1.82) is 0 Å². The van der Waals surface area contributed by atoms with Crippen LogP contribution in [0.25, 0.3) is 0 Å². The second-order valence-electron chi connectivity index (χ2n) is 5.77. The summed E-state index contributed by atoms with van der Waals surface area (Å²) in [6, 6.07) is 7.96. The fourth-order valence-electron chi connectivity index (χ4n) is 2.42. The minimum Gasteiger partial charge on any atom is -0.310 e. The zero-order valence-corrected chi connectivity index (χ0v) is 14.0. The van der Waals surface area contributed by atoms with Crippen molar-refractivity contribution in [3.05, 3.63) is 29.8 Å². The Hall–Kier alpha value is -0.910. The Morgan fingerprint density at radius 1 is 1.33 bits per heavy atom. The molecule has 5 heteroatoms. The van der Waals surface area contributed by atoms with Crippen LogP contribution in [-0.2, 0) is 16.6 Å². The summed E-state index contributed by atoms with van der Waals surface area (Å²) in [6.07, 6.45) is 3.28. The van der Waals surface area contributed by atoms with Gasteiger partial charge < -0.3 is 5.32 Å². The van der Waals surface area contributed by atoms with E-state index in [0.717, 1.165) is 18.5 Å². The van der Waals surface area contributed by atoms with E-state index in [9.17, 15) is 8.42 Å². The first kappa shape index (κ1) is 16.5. The predicted octanol–water partition coefficient (Wildman–Crippen LogP) is 2.75. The molecule has 0 aliphatic heterocycles. The van der Waals surface area contributed by atoms with E-state index >= 15 is 0 Å². The van der Waals surface area contributed by atoms with Crippen molar-refractivity contribution in [1.82, 2.24) is 9.62 Å². The zero-order valence-electron chi connectivity index (χ0n) is 13.2. The number of sulfonamides is 1. The van der Waals surface area contributed by atoms with E-state index in [1.54, 1.807) is 16.4 Å². The third-order valence-electron chi connectivity index (χ3n) is 4.07. The molecule has 0 amide bonds. The van der Waals surface area contributed by atoms with Crippen molar-refractivity contribution < 1.29 is 8.42 Å².